The second-order valence-electron chi connectivity index (χ2n) is 5.99. The molecule has 0 aromatic heterocycles. The first-order chi connectivity index (χ1) is 8.48. The van der Waals surface area contributed by atoms with E-state index >= 15 is 0 Å². The summed E-state index contributed by atoms with van der Waals surface area (Å²) in [7, 11) is 0. The molecule has 9 heteroatoms. The summed E-state index contributed by atoms with van der Waals surface area (Å²) in [5, 5.41) is 0. The molecular formula is C11H21BF3KN2O2. The van der Waals surface area contributed by atoms with Crippen molar-refractivity contribution in [1.82, 2.24) is 9.80 Å². The maximum atomic E-state index is 12.4. The zero-order valence-electron chi connectivity index (χ0n) is 12.8. The second kappa shape index (κ2) is 7.82. The van der Waals surface area contributed by atoms with Gasteiger partial charge in [0.15, 0.2) is 0 Å². The van der Waals surface area contributed by atoms with E-state index < -0.39 is 25.1 Å². The average Bonchev–Trinajstić information content (AvgIpc) is 2.11. The number of hydrogen-bond acceptors (Lipinski definition) is 3. The van der Waals surface area contributed by atoms with Crippen LogP contribution >= 0.6 is 0 Å². The van der Waals surface area contributed by atoms with E-state index in [1.807, 2.05) is 0 Å². The van der Waals surface area contributed by atoms with Gasteiger partial charge < -0.3 is 27.5 Å². The van der Waals surface area contributed by atoms with Crippen molar-refractivity contribution in [2.75, 3.05) is 26.1 Å². The third kappa shape index (κ3) is 7.65. The quantitative estimate of drug-likeness (QED) is 0.632. The van der Waals surface area contributed by atoms with Crippen molar-refractivity contribution in [3.8, 4) is 0 Å². The Morgan fingerprint density at radius 3 is 2.25 bits per heavy atom. The van der Waals surface area contributed by atoms with Gasteiger partial charge in [-0.2, -0.15) is 0 Å². The number of piperazine rings is 1. The van der Waals surface area contributed by atoms with Gasteiger partial charge >= 0.3 is 64.5 Å². The summed E-state index contributed by atoms with van der Waals surface area (Å²) in [6, 6.07) is -0.276. The molecule has 1 amide bonds. The molecule has 112 valence electrons. The standard InChI is InChI=1S/C11H21BF3N2O2.K/c1-9-7-16(8-12(13,14)15)5-6-17(9)10(18)19-11(2,3)4;/h9H,5-8H2,1-4H3;/q-1;+1/t9-;/m0./s1. The molecule has 0 saturated carbocycles. The first-order valence-electron chi connectivity index (χ1n) is 6.41. The molecule has 1 aliphatic heterocycles. The van der Waals surface area contributed by atoms with Crippen LogP contribution in [0.15, 0.2) is 0 Å². The maximum absolute atomic E-state index is 12.4. The molecule has 1 heterocycles. The van der Waals surface area contributed by atoms with Gasteiger partial charge in [0.25, 0.3) is 0 Å². The summed E-state index contributed by atoms with van der Waals surface area (Å²) in [6.45, 7) is 2.92. The Kier molecular flexibility index (Phi) is 8.11. The maximum Gasteiger partial charge on any atom is 1.00 e. The van der Waals surface area contributed by atoms with Crippen molar-refractivity contribution in [3.05, 3.63) is 0 Å². The fourth-order valence-electron chi connectivity index (χ4n) is 2.08. The number of carbonyl (C=O) groups is 1. The number of nitrogens with zero attached hydrogens (tertiary/aromatic N) is 2. The Morgan fingerprint density at radius 1 is 1.30 bits per heavy atom. The van der Waals surface area contributed by atoms with Gasteiger partial charge in [0.2, 0.25) is 0 Å². The summed E-state index contributed by atoms with van der Waals surface area (Å²) in [6.07, 6.45) is -1.33. The van der Waals surface area contributed by atoms with E-state index in [2.05, 4.69) is 0 Å². The minimum atomic E-state index is -4.82. The van der Waals surface area contributed by atoms with Crippen molar-refractivity contribution in [2.24, 2.45) is 0 Å². The molecule has 0 aromatic carbocycles. The summed E-state index contributed by atoms with van der Waals surface area (Å²) in [4.78, 5) is 14.7. The first kappa shape index (κ1) is 20.7. The van der Waals surface area contributed by atoms with Crippen LogP contribution in [0.5, 0.6) is 0 Å². The van der Waals surface area contributed by atoms with E-state index in [1.54, 1.807) is 27.7 Å². The van der Waals surface area contributed by atoms with E-state index in [0.29, 0.717) is 0 Å². The van der Waals surface area contributed by atoms with Gasteiger partial charge in [-0.15, -0.1) is 0 Å². The molecule has 1 saturated heterocycles. The predicted octanol–water partition coefficient (Wildman–Crippen LogP) is -0.682. The van der Waals surface area contributed by atoms with E-state index in [4.69, 9.17) is 4.74 Å². The van der Waals surface area contributed by atoms with Crippen LogP contribution in [0.25, 0.3) is 0 Å². The van der Waals surface area contributed by atoms with Crippen LogP contribution in [0, 0.1) is 0 Å². The third-order valence-corrected chi connectivity index (χ3v) is 2.80. The average molecular weight is 320 g/mol. The molecule has 20 heavy (non-hydrogen) atoms. The van der Waals surface area contributed by atoms with Crippen LogP contribution in [0.1, 0.15) is 27.7 Å². The predicted molar refractivity (Wildman–Crippen MR) is 67.9 cm³/mol. The Morgan fingerprint density at radius 2 is 1.85 bits per heavy atom. The Bertz CT molecular complexity index is 337. The second-order valence-corrected chi connectivity index (χ2v) is 5.99. The van der Waals surface area contributed by atoms with E-state index in [1.165, 1.54) is 9.80 Å². The van der Waals surface area contributed by atoms with Crippen molar-refractivity contribution in [3.63, 3.8) is 0 Å². The minimum Gasteiger partial charge on any atom is -0.448 e. The molecule has 4 nitrogen and oxygen atoms in total. The minimum absolute atomic E-state index is 0. The Balaban J connectivity index is 0.00000361. The number of ether oxygens (including phenoxy) is 1. The monoisotopic (exact) mass is 320 g/mol. The van der Waals surface area contributed by atoms with E-state index in [9.17, 15) is 17.7 Å². The number of rotatable bonds is 2. The first-order valence-corrected chi connectivity index (χ1v) is 6.41. The number of halogens is 3. The third-order valence-electron chi connectivity index (χ3n) is 2.80. The van der Waals surface area contributed by atoms with Crippen molar-refractivity contribution in [1.29, 1.82) is 0 Å². The summed E-state index contributed by atoms with van der Waals surface area (Å²) in [5.74, 6) is 0. The van der Waals surface area contributed by atoms with Gasteiger partial charge in [-0.05, 0) is 34.1 Å². The van der Waals surface area contributed by atoms with Crippen LogP contribution in [-0.4, -0.2) is 60.6 Å². The molecule has 1 fully saturated rings. The van der Waals surface area contributed by atoms with E-state index in [0.717, 1.165) is 0 Å². The van der Waals surface area contributed by atoms with Gasteiger partial charge in [0.1, 0.15) is 5.60 Å². The molecular weight excluding hydrogens is 299 g/mol. The van der Waals surface area contributed by atoms with Gasteiger partial charge in [0.05, 0.1) is 0 Å². The van der Waals surface area contributed by atoms with Crippen molar-refractivity contribution in [2.45, 2.75) is 39.3 Å². The van der Waals surface area contributed by atoms with Crippen LogP contribution in [-0.2, 0) is 4.74 Å². The zero-order valence-corrected chi connectivity index (χ0v) is 16.0. The Hall–Kier alpha value is 0.721. The molecule has 0 radical (unpaired) electrons. The number of hydrogen-bond donors (Lipinski definition) is 0. The summed E-state index contributed by atoms with van der Waals surface area (Å²) in [5.41, 5.74) is -0.594. The van der Waals surface area contributed by atoms with Crippen LogP contribution < -0.4 is 51.4 Å². The number of carbonyl (C=O) groups excluding carboxylic acids is 1. The SMILES string of the molecule is C[C@H]1CN(C[B-](F)(F)F)CCN1C(=O)OC(C)(C)C.[K+]. The topological polar surface area (TPSA) is 32.8 Å². The molecule has 1 atom stereocenters. The van der Waals surface area contributed by atoms with Gasteiger partial charge in [-0.25, -0.2) is 4.79 Å². The van der Waals surface area contributed by atoms with Crippen molar-refractivity contribution < 1.29 is 73.9 Å². The van der Waals surface area contributed by atoms with Crippen molar-refractivity contribution >= 4 is 13.1 Å². The molecule has 0 aromatic rings. The molecule has 0 N–H and O–H groups in total. The van der Waals surface area contributed by atoms with E-state index in [-0.39, 0.29) is 77.1 Å². The molecule has 0 unspecified atom stereocenters. The zero-order chi connectivity index (χ0) is 14.8. The molecule has 0 aliphatic carbocycles. The fourth-order valence-corrected chi connectivity index (χ4v) is 2.08. The summed E-state index contributed by atoms with van der Waals surface area (Å²) >= 11 is 0. The van der Waals surface area contributed by atoms with Crippen LogP contribution in [0.4, 0.5) is 17.7 Å². The molecule has 1 rings (SSSR count). The smallest absolute Gasteiger partial charge is 0.448 e. The number of amides is 1. The molecule has 1 aliphatic rings. The van der Waals surface area contributed by atoms with Gasteiger partial charge in [0, 0.05) is 25.7 Å². The largest absolute Gasteiger partial charge is 1.00 e. The molecule has 0 bridgehead atoms. The fraction of sp³-hybridized carbons (Fsp3) is 0.909. The summed E-state index contributed by atoms with van der Waals surface area (Å²) < 4.78 is 42.3. The molecule has 0 spiro atoms. The Labute approximate surface area is 160 Å². The van der Waals surface area contributed by atoms with Gasteiger partial charge in [-0.1, -0.05) is 0 Å². The van der Waals surface area contributed by atoms with Crippen LogP contribution in [0.2, 0.25) is 0 Å². The normalized spacial score (nSPS) is 21.4. The van der Waals surface area contributed by atoms with Crippen LogP contribution in [0.3, 0.4) is 0 Å². The van der Waals surface area contributed by atoms with Gasteiger partial charge in [-0.3, -0.25) is 0 Å².